The number of thiophene rings is 1. The van der Waals surface area contributed by atoms with Gasteiger partial charge in [0, 0.05) is 42.7 Å². The summed E-state index contributed by atoms with van der Waals surface area (Å²) in [6.07, 6.45) is -2.58. The standard InChI is InChI=1S/C28H19F3N2S/c1-27(2,28(29,30)31)14-21-23-18-9-5-8-17-22-16-7-4-3-6-15(16)10-11-19(22)33(25(17)18)26-24(23)20(34-21)12-13-32-26/h3-13H,14H2,1-2H3. The first-order valence-electron chi connectivity index (χ1n) is 11.2. The zero-order chi connectivity index (χ0) is 23.4. The van der Waals surface area contributed by atoms with Gasteiger partial charge in [0.25, 0.3) is 0 Å². The molecule has 0 radical (unpaired) electrons. The molecule has 0 amide bonds. The minimum atomic E-state index is -4.29. The van der Waals surface area contributed by atoms with Crippen molar-refractivity contribution in [2.24, 2.45) is 5.41 Å². The number of pyridine rings is 2. The van der Waals surface area contributed by atoms with Gasteiger partial charge in [0.15, 0.2) is 0 Å². The third-order valence-electron chi connectivity index (χ3n) is 7.18. The highest BCUT2D eigenvalue weighted by Gasteiger charge is 2.47. The van der Waals surface area contributed by atoms with E-state index in [0.717, 1.165) is 64.0 Å². The molecule has 0 fully saturated rings. The number of alkyl halides is 3. The van der Waals surface area contributed by atoms with Gasteiger partial charge in [-0.25, -0.2) is 4.98 Å². The maximum Gasteiger partial charge on any atom is 0.394 e. The van der Waals surface area contributed by atoms with Crippen LogP contribution in [-0.4, -0.2) is 15.6 Å². The second kappa shape index (κ2) is 6.39. The Bertz CT molecular complexity index is 1910. The van der Waals surface area contributed by atoms with E-state index in [9.17, 15) is 13.2 Å². The lowest BCUT2D eigenvalue weighted by Crippen LogP contribution is -2.33. The van der Waals surface area contributed by atoms with Crippen LogP contribution in [0.25, 0.3) is 59.1 Å². The number of para-hydroxylation sites is 1. The van der Waals surface area contributed by atoms with Crippen molar-refractivity contribution in [1.29, 1.82) is 0 Å². The van der Waals surface area contributed by atoms with Crippen molar-refractivity contribution < 1.29 is 13.2 Å². The summed E-state index contributed by atoms with van der Waals surface area (Å²) in [6, 6.07) is 20.7. The average Bonchev–Trinajstić information content (AvgIpc) is 3.34. The van der Waals surface area contributed by atoms with Crippen LogP contribution in [0.5, 0.6) is 0 Å². The van der Waals surface area contributed by atoms with Gasteiger partial charge in [0.1, 0.15) is 5.65 Å². The van der Waals surface area contributed by atoms with Crippen LogP contribution in [0.2, 0.25) is 0 Å². The number of hydrogen-bond donors (Lipinski definition) is 0. The summed E-state index contributed by atoms with van der Waals surface area (Å²) < 4.78 is 44.7. The fourth-order valence-electron chi connectivity index (χ4n) is 5.42. The predicted octanol–water partition coefficient (Wildman–Crippen LogP) is 8.73. The van der Waals surface area contributed by atoms with Crippen molar-refractivity contribution in [3.63, 3.8) is 0 Å². The van der Waals surface area contributed by atoms with Crippen LogP contribution in [0.15, 0.2) is 66.9 Å². The zero-order valence-electron chi connectivity index (χ0n) is 18.5. The molecule has 7 aromatic rings. The Kier molecular flexibility index (Phi) is 3.76. The molecule has 0 unspecified atom stereocenters. The van der Waals surface area contributed by atoms with E-state index in [2.05, 4.69) is 34.7 Å². The highest BCUT2D eigenvalue weighted by Crippen LogP contribution is 2.48. The van der Waals surface area contributed by atoms with Crippen LogP contribution in [0, 0.1) is 5.41 Å². The number of hydrogen-bond acceptors (Lipinski definition) is 2. The van der Waals surface area contributed by atoms with E-state index in [1.165, 1.54) is 25.2 Å². The SMILES string of the molecule is CC(C)(Cc1sc2ccnc3c2c1c1cccc2c4c5ccccc5ccc4n3c12)C(F)(F)F. The van der Waals surface area contributed by atoms with Crippen molar-refractivity contribution >= 4 is 70.4 Å². The van der Waals surface area contributed by atoms with Crippen molar-refractivity contribution in [2.45, 2.75) is 26.4 Å². The van der Waals surface area contributed by atoms with Crippen LogP contribution in [0.4, 0.5) is 13.2 Å². The molecule has 0 spiro atoms. The Morgan fingerprint density at radius 1 is 0.824 bits per heavy atom. The molecular formula is C28H19F3N2S. The molecule has 0 N–H and O–H groups in total. The molecule has 34 heavy (non-hydrogen) atoms. The van der Waals surface area contributed by atoms with Crippen molar-refractivity contribution in [1.82, 2.24) is 9.38 Å². The van der Waals surface area contributed by atoms with E-state index < -0.39 is 11.6 Å². The first-order chi connectivity index (χ1) is 16.3. The molecule has 6 heteroatoms. The van der Waals surface area contributed by atoms with Gasteiger partial charge in [-0.05, 0) is 29.3 Å². The van der Waals surface area contributed by atoms with E-state index in [1.54, 1.807) is 6.20 Å². The number of aromatic nitrogens is 2. The average molecular weight is 473 g/mol. The summed E-state index contributed by atoms with van der Waals surface area (Å²) in [6.45, 7) is 2.58. The summed E-state index contributed by atoms with van der Waals surface area (Å²) in [5.41, 5.74) is 1.06. The van der Waals surface area contributed by atoms with Gasteiger partial charge in [-0.3, -0.25) is 4.40 Å². The number of nitrogens with zero attached hydrogens (tertiary/aromatic N) is 2. The lowest BCUT2D eigenvalue weighted by molar-refractivity contribution is -0.210. The summed E-state index contributed by atoms with van der Waals surface area (Å²) in [5.74, 6) is 0. The minimum absolute atomic E-state index is 0.0653. The number of rotatable bonds is 2. The Hall–Kier alpha value is -3.38. The lowest BCUT2D eigenvalue weighted by Gasteiger charge is -2.27. The Morgan fingerprint density at radius 3 is 2.35 bits per heavy atom. The van der Waals surface area contributed by atoms with Crippen LogP contribution in [0.3, 0.4) is 0 Å². The minimum Gasteiger partial charge on any atom is -0.293 e. The van der Waals surface area contributed by atoms with E-state index in [4.69, 9.17) is 4.98 Å². The molecule has 168 valence electrons. The van der Waals surface area contributed by atoms with Crippen molar-refractivity contribution in [3.8, 4) is 0 Å². The summed E-state index contributed by atoms with van der Waals surface area (Å²) in [4.78, 5) is 5.53. The second-order valence-corrected chi connectivity index (χ2v) is 10.8. The fourth-order valence-corrected chi connectivity index (χ4v) is 6.85. The smallest absolute Gasteiger partial charge is 0.293 e. The van der Waals surface area contributed by atoms with Crippen LogP contribution < -0.4 is 0 Å². The quantitative estimate of drug-likeness (QED) is 0.230. The van der Waals surface area contributed by atoms with E-state index in [-0.39, 0.29) is 6.42 Å². The first-order valence-corrected chi connectivity index (χ1v) is 12.0. The molecule has 2 nitrogen and oxygen atoms in total. The normalized spacial score (nSPS) is 13.6. The van der Waals surface area contributed by atoms with Crippen LogP contribution >= 0.6 is 11.3 Å². The number of benzene rings is 3. The molecule has 7 rings (SSSR count). The number of halogens is 3. The maximum absolute atomic E-state index is 13.8. The van der Waals surface area contributed by atoms with Gasteiger partial charge < -0.3 is 0 Å². The molecule has 3 aromatic carbocycles. The molecule has 0 saturated heterocycles. The Labute approximate surface area is 196 Å². The molecule has 0 saturated carbocycles. The first kappa shape index (κ1) is 20.0. The van der Waals surface area contributed by atoms with Crippen molar-refractivity contribution in [3.05, 3.63) is 71.7 Å². The molecule has 0 aliphatic heterocycles. The van der Waals surface area contributed by atoms with E-state index in [0.29, 0.717) is 0 Å². The monoisotopic (exact) mass is 472 g/mol. The molecule has 0 aliphatic carbocycles. The molecule has 4 heterocycles. The third kappa shape index (κ3) is 2.44. The summed E-state index contributed by atoms with van der Waals surface area (Å²) >= 11 is 1.46. The zero-order valence-corrected chi connectivity index (χ0v) is 19.3. The largest absolute Gasteiger partial charge is 0.394 e. The topological polar surface area (TPSA) is 17.3 Å². The van der Waals surface area contributed by atoms with Gasteiger partial charge in [0.2, 0.25) is 0 Å². The molecule has 0 bridgehead atoms. The third-order valence-corrected chi connectivity index (χ3v) is 8.34. The van der Waals surface area contributed by atoms with Crippen molar-refractivity contribution in [2.75, 3.05) is 0 Å². The van der Waals surface area contributed by atoms with Crippen LogP contribution in [-0.2, 0) is 6.42 Å². The highest BCUT2D eigenvalue weighted by molar-refractivity contribution is 7.20. The highest BCUT2D eigenvalue weighted by atomic mass is 32.1. The van der Waals surface area contributed by atoms with Crippen LogP contribution in [0.1, 0.15) is 18.7 Å². The van der Waals surface area contributed by atoms with Gasteiger partial charge >= 0.3 is 6.18 Å². The predicted molar refractivity (Wildman–Crippen MR) is 135 cm³/mol. The van der Waals surface area contributed by atoms with Gasteiger partial charge in [-0.1, -0.05) is 62.4 Å². The Morgan fingerprint density at radius 2 is 1.56 bits per heavy atom. The molecule has 0 aliphatic rings. The molecular weight excluding hydrogens is 453 g/mol. The Balaban J connectivity index is 1.71. The maximum atomic E-state index is 13.8. The summed E-state index contributed by atoms with van der Waals surface area (Å²) in [7, 11) is 0. The number of fused-ring (bicyclic) bond motifs is 7. The molecule has 4 aromatic heterocycles. The van der Waals surface area contributed by atoms with Gasteiger partial charge in [0.05, 0.1) is 16.4 Å². The second-order valence-electron chi connectivity index (χ2n) is 9.68. The van der Waals surface area contributed by atoms with E-state index >= 15 is 0 Å². The summed E-state index contributed by atoms with van der Waals surface area (Å²) in [5, 5.41) is 7.41. The van der Waals surface area contributed by atoms with E-state index in [1.807, 2.05) is 30.3 Å². The lowest BCUT2D eigenvalue weighted by atomic mass is 9.86. The van der Waals surface area contributed by atoms with Gasteiger partial charge in [-0.2, -0.15) is 13.2 Å². The molecule has 0 atom stereocenters. The fraction of sp³-hybridized carbons (Fsp3) is 0.179. The van der Waals surface area contributed by atoms with Gasteiger partial charge in [-0.15, -0.1) is 11.3 Å².